The monoisotopic (exact) mass is 315 g/mol. The first-order chi connectivity index (χ1) is 11.1. The van der Waals surface area contributed by atoms with Crippen molar-refractivity contribution >= 4 is 5.91 Å². The van der Waals surface area contributed by atoms with E-state index in [2.05, 4.69) is 10.3 Å². The predicted octanol–water partition coefficient (Wildman–Crippen LogP) is 3.52. The third-order valence-corrected chi connectivity index (χ3v) is 4.54. The van der Waals surface area contributed by atoms with E-state index in [1.807, 2.05) is 13.0 Å². The molecule has 3 rings (SSSR count). The van der Waals surface area contributed by atoms with Crippen LogP contribution in [-0.2, 0) is 11.3 Å². The second-order valence-electron chi connectivity index (χ2n) is 6.26. The highest BCUT2D eigenvalue weighted by atomic mass is 19.1. The number of halogens is 1. The molecular weight excluding hydrogens is 293 g/mol. The minimum Gasteiger partial charge on any atom is -0.352 e. The first kappa shape index (κ1) is 15.7. The van der Waals surface area contributed by atoms with Gasteiger partial charge in [-0.05, 0) is 43.4 Å². The molecule has 23 heavy (non-hydrogen) atoms. The van der Waals surface area contributed by atoms with Crippen molar-refractivity contribution in [2.75, 3.05) is 0 Å². The Morgan fingerprint density at radius 1 is 1.39 bits per heavy atom. The number of carbonyl (C=O) groups is 1. The van der Waals surface area contributed by atoms with E-state index in [-0.39, 0.29) is 11.7 Å². The Balaban J connectivity index is 1.59. The molecule has 1 N–H and O–H groups in total. The Morgan fingerprint density at radius 3 is 2.83 bits per heavy atom. The number of carbonyl (C=O) groups excluding carboxylic acids is 1. The van der Waals surface area contributed by atoms with Crippen molar-refractivity contribution in [2.45, 2.75) is 45.6 Å². The van der Waals surface area contributed by atoms with Crippen molar-refractivity contribution in [3.05, 3.63) is 47.8 Å². The fourth-order valence-electron chi connectivity index (χ4n) is 3.24. The summed E-state index contributed by atoms with van der Waals surface area (Å²) in [5.74, 6) is 1.01. The Labute approximate surface area is 135 Å². The molecule has 4 nitrogen and oxygen atoms in total. The van der Waals surface area contributed by atoms with Crippen molar-refractivity contribution < 1.29 is 9.18 Å². The standard InChI is InChI=1S/C18H22FN3O/c1-13-20-8-9-22(13)17-7-6-15(10-16(17)19)12-21-18(23)11-14-4-2-3-5-14/h6-10,14H,2-5,11-12H2,1H3,(H,21,23). The summed E-state index contributed by atoms with van der Waals surface area (Å²) in [4.78, 5) is 16.0. The SMILES string of the molecule is Cc1nccn1-c1ccc(CNC(=O)CC2CCCC2)cc1F. The van der Waals surface area contributed by atoms with Crippen molar-refractivity contribution in [3.63, 3.8) is 0 Å². The smallest absolute Gasteiger partial charge is 0.220 e. The Morgan fingerprint density at radius 2 is 2.17 bits per heavy atom. The van der Waals surface area contributed by atoms with Gasteiger partial charge in [-0.2, -0.15) is 0 Å². The fraction of sp³-hybridized carbons (Fsp3) is 0.444. The van der Waals surface area contributed by atoms with E-state index >= 15 is 0 Å². The maximum absolute atomic E-state index is 14.3. The van der Waals surface area contributed by atoms with Crippen molar-refractivity contribution in [2.24, 2.45) is 5.92 Å². The fourth-order valence-corrected chi connectivity index (χ4v) is 3.24. The molecule has 1 aliphatic rings. The van der Waals surface area contributed by atoms with Crippen LogP contribution in [0.25, 0.3) is 5.69 Å². The average molecular weight is 315 g/mol. The van der Waals surface area contributed by atoms with Gasteiger partial charge < -0.3 is 9.88 Å². The van der Waals surface area contributed by atoms with Crippen molar-refractivity contribution in [1.29, 1.82) is 0 Å². The highest BCUT2D eigenvalue weighted by Gasteiger charge is 2.18. The number of hydrogen-bond acceptors (Lipinski definition) is 2. The molecular formula is C18H22FN3O. The van der Waals surface area contributed by atoms with E-state index in [0.29, 0.717) is 24.6 Å². The highest BCUT2D eigenvalue weighted by molar-refractivity contribution is 5.76. The third kappa shape index (κ3) is 3.78. The summed E-state index contributed by atoms with van der Waals surface area (Å²) in [5, 5.41) is 2.89. The van der Waals surface area contributed by atoms with Gasteiger partial charge in [0, 0.05) is 25.4 Å². The topological polar surface area (TPSA) is 46.9 Å². The Hall–Kier alpha value is -2.17. The maximum atomic E-state index is 14.3. The number of hydrogen-bond donors (Lipinski definition) is 1. The van der Waals surface area contributed by atoms with Crippen LogP contribution in [0.15, 0.2) is 30.6 Å². The molecule has 1 saturated carbocycles. The van der Waals surface area contributed by atoms with Gasteiger partial charge in [0.05, 0.1) is 5.69 Å². The molecule has 1 aromatic carbocycles. The number of amides is 1. The van der Waals surface area contributed by atoms with Crippen LogP contribution in [0.5, 0.6) is 0 Å². The normalized spacial score (nSPS) is 15.0. The Bertz CT molecular complexity index is 689. The summed E-state index contributed by atoms with van der Waals surface area (Å²) in [7, 11) is 0. The molecule has 1 aromatic heterocycles. The summed E-state index contributed by atoms with van der Waals surface area (Å²) in [6, 6.07) is 5.04. The van der Waals surface area contributed by atoms with Gasteiger partial charge in [-0.15, -0.1) is 0 Å². The molecule has 0 spiro atoms. The predicted molar refractivity (Wildman–Crippen MR) is 86.7 cm³/mol. The molecule has 0 unspecified atom stereocenters. The number of benzene rings is 1. The number of rotatable bonds is 5. The van der Waals surface area contributed by atoms with Gasteiger partial charge in [0.1, 0.15) is 11.6 Å². The van der Waals surface area contributed by atoms with E-state index in [1.165, 1.54) is 18.9 Å². The molecule has 2 aromatic rings. The number of nitrogens with one attached hydrogen (secondary N) is 1. The lowest BCUT2D eigenvalue weighted by molar-refractivity contribution is -0.122. The van der Waals surface area contributed by atoms with E-state index < -0.39 is 0 Å². The van der Waals surface area contributed by atoms with Gasteiger partial charge in [0.2, 0.25) is 5.91 Å². The minimum atomic E-state index is -0.311. The second kappa shape index (κ2) is 6.94. The molecule has 0 aliphatic heterocycles. The summed E-state index contributed by atoms with van der Waals surface area (Å²) < 4.78 is 16.0. The van der Waals surface area contributed by atoms with Gasteiger partial charge >= 0.3 is 0 Å². The second-order valence-corrected chi connectivity index (χ2v) is 6.26. The maximum Gasteiger partial charge on any atom is 0.220 e. The van der Waals surface area contributed by atoms with Crippen molar-refractivity contribution in [3.8, 4) is 5.69 Å². The average Bonchev–Trinajstić information content (AvgIpc) is 3.17. The zero-order valence-corrected chi connectivity index (χ0v) is 13.4. The molecule has 1 aliphatic carbocycles. The van der Waals surface area contributed by atoms with Crippen LogP contribution in [0.2, 0.25) is 0 Å². The lowest BCUT2D eigenvalue weighted by atomic mass is 10.0. The molecule has 122 valence electrons. The lowest BCUT2D eigenvalue weighted by Gasteiger charge is -2.11. The van der Waals surface area contributed by atoms with Crippen LogP contribution >= 0.6 is 0 Å². The van der Waals surface area contributed by atoms with Crippen molar-refractivity contribution in [1.82, 2.24) is 14.9 Å². The van der Waals surface area contributed by atoms with Crippen LogP contribution in [0.1, 0.15) is 43.5 Å². The number of aromatic nitrogens is 2. The van der Waals surface area contributed by atoms with Crippen LogP contribution in [-0.4, -0.2) is 15.5 Å². The zero-order valence-electron chi connectivity index (χ0n) is 13.4. The van der Waals surface area contributed by atoms with Crippen LogP contribution in [0, 0.1) is 18.7 Å². The van der Waals surface area contributed by atoms with E-state index in [9.17, 15) is 9.18 Å². The van der Waals surface area contributed by atoms with Crippen LogP contribution in [0.4, 0.5) is 4.39 Å². The molecule has 0 radical (unpaired) electrons. The summed E-state index contributed by atoms with van der Waals surface area (Å²) in [6.45, 7) is 2.20. The molecule has 5 heteroatoms. The van der Waals surface area contributed by atoms with Gasteiger partial charge in [-0.1, -0.05) is 18.9 Å². The minimum absolute atomic E-state index is 0.0619. The van der Waals surface area contributed by atoms with Crippen LogP contribution < -0.4 is 5.32 Å². The molecule has 1 fully saturated rings. The molecule has 0 bridgehead atoms. The van der Waals surface area contributed by atoms with Gasteiger partial charge in [0.15, 0.2) is 0 Å². The summed E-state index contributed by atoms with van der Waals surface area (Å²) in [5.41, 5.74) is 1.24. The van der Waals surface area contributed by atoms with E-state index in [0.717, 1.165) is 24.2 Å². The lowest BCUT2D eigenvalue weighted by Crippen LogP contribution is -2.24. The first-order valence-corrected chi connectivity index (χ1v) is 8.19. The first-order valence-electron chi connectivity index (χ1n) is 8.19. The van der Waals surface area contributed by atoms with Gasteiger partial charge in [0.25, 0.3) is 0 Å². The zero-order chi connectivity index (χ0) is 16.2. The number of aryl methyl sites for hydroxylation is 1. The highest BCUT2D eigenvalue weighted by Crippen LogP contribution is 2.27. The summed E-state index contributed by atoms with van der Waals surface area (Å²) in [6.07, 6.45) is 8.75. The molecule has 0 saturated heterocycles. The van der Waals surface area contributed by atoms with E-state index in [1.54, 1.807) is 23.0 Å². The molecule has 1 amide bonds. The summed E-state index contributed by atoms with van der Waals surface area (Å²) >= 11 is 0. The third-order valence-electron chi connectivity index (χ3n) is 4.54. The quantitative estimate of drug-likeness (QED) is 0.917. The van der Waals surface area contributed by atoms with Gasteiger partial charge in [-0.3, -0.25) is 4.79 Å². The Kier molecular flexibility index (Phi) is 4.74. The van der Waals surface area contributed by atoms with Gasteiger partial charge in [-0.25, -0.2) is 9.37 Å². The largest absolute Gasteiger partial charge is 0.352 e. The van der Waals surface area contributed by atoms with E-state index in [4.69, 9.17) is 0 Å². The van der Waals surface area contributed by atoms with Crippen LogP contribution in [0.3, 0.4) is 0 Å². The number of nitrogens with zero attached hydrogens (tertiary/aromatic N) is 2. The molecule has 1 heterocycles. The molecule has 0 atom stereocenters. The number of imidazole rings is 1.